The van der Waals surface area contributed by atoms with E-state index >= 15 is 0 Å². The molecule has 8 heteroatoms. The fourth-order valence-electron chi connectivity index (χ4n) is 2.16. The van der Waals surface area contributed by atoms with Crippen LogP contribution in [0.5, 0.6) is 0 Å². The molecule has 0 unspecified atom stereocenters. The predicted molar refractivity (Wildman–Crippen MR) is 98.8 cm³/mol. The number of ether oxygens (including phenoxy) is 2. The average Bonchev–Trinajstić information content (AvgIpc) is 2.69. The van der Waals surface area contributed by atoms with E-state index in [1.807, 2.05) is 0 Å². The van der Waals surface area contributed by atoms with Crippen molar-refractivity contribution in [2.75, 3.05) is 32.2 Å². The van der Waals surface area contributed by atoms with E-state index < -0.39 is 11.9 Å². The van der Waals surface area contributed by atoms with E-state index in [2.05, 4.69) is 15.6 Å². The van der Waals surface area contributed by atoms with Crippen LogP contribution in [0.15, 0.2) is 42.6 Å². The Morgan fingerprint density at radius 3 is 2.44 bits per heavy atom. The number of carbonyl (C=O) groups is 3. The third-order valence-corrected chi connectivity index (χ3v) is 3.50. The Balaban J connectivity index is 2.02. The van der Waals surface area contributed by atoms with Crippen molar-refractivity contribution in [2.45, 2.75) is 6.92 Å². The van der Waals surface area contributed by atoms with Crippen molar-refractivity contribution in [3.8, 4) is 0 Å². The molecule has 0 atom stereocenters. The van der Waals surface area contributed by atoms with Crippen molar-refractivity contribution in [2.24, 2.45) is 0 Å². The van der Waals surface area contributed by atoms with Crippen molar-refractivity contribution >= 4 is 23.5 Å². The predicted octanol–water partition coefficient (Wildman–Crippen LogP) is 1.89. The first-order valence-corrected chi connectivity index (χ1v) is 8.37. The minimum Gasteiger partial charge on any atom is -0.462 e. The van der Waals surface area contributed by atoms with Crippen LogP contribution in [0, 0.1) is 0 Å². The summed E-state index contributed by atoms with van der Waals surface area (Å²) in [6.45, 7) is 2.75. The van der Waals surface area contributed by atoms with Gasteiger partial charge in [-0.15, -0.1) is 0 Å². The number of rotatable bonds is 8. The van der Waals surface area contributed by atoms with E-state index in [0.29, 0.717) is 31.0 Å². The van der Waals surface area contributed by atoms with Gasteiger partial charge in [-0.2, -0.15) is 0 Å². The average molecular weight is 371 g/mol. The second kappa shape index (κ2) is 10.0. The van der Waals surface area contributed by atoms with Gasteiger partial charge in [0.05, 0.1) is 18.8 Å². The first-order valence-electron chi connectivity index (χ1n) is 8.37. The molecule has 1 aromatic carbocycles. The summed E-state index contributed by atoms with van der Waals surface area (Å²) >= 11 is 0. The second-order valence-corrected chi connectivity index (χ2v) is 5.43. The molecule has 0 radical (unpaired) electrons. The molecule has 0 bridgehead atoms. The Labute approximate surface area is 156 Å². The van der Waals surface area contributed by atoms with Crippen molar-refractivity contribution < 1.29 is 23.9 Å². The summed E-state index contributed by atoms with van der Waals surface area (Å²) < 4.78 is 9.77. The van der Waals surface area contributed by atoms with Crippen LogP contribution in [0.4, 0.5) is 5.69 Å². The Morgan fingerprint density at radius 2 is 1.78 bits per heavy atom. The quantitative estimate of drug-likeness (QED) is 0.542. The maximum atomic E-state index is 12.4. The summed E-state index contributed by atoms with van der Waals surface area (Å²) in [5, 5.41) is 5.35. The maximum Gasteiger partial charge on any atom is 0.338 e. The van der Waals surface area contributed by atoms with Crippen LogP contribution in [-0.4, -0.2) is 49.6 Å². The lowest BCUT2D eigenvalue weighted by molar-refractivity contribution is 0.0526. The van der Waals surface area contributed by atoms with Gasteiger partial charge in [0.25, 0.3) is 11.8 Å². The van der Waals surface area contributed by atoms with E-state index in [0.717, 1.165) is 0 Å². The number of pyridine rings is 1. The Bertz CT molecular complexity index is 805. The first-order chi connectivity index (χ1) is 13.0. The lowest BCUT2D eigenvalue weighted by Crippen LogP contribution is -2.28. The SMILES string of the molecule is CCOC(=O)c1ccc(NC(=O)c2ccnc(C(=O)NCCOC)c2)cc1. The van der Waals surface area contributed by atoms with E-state index in [-0.39, 0.29) is 17.2 Å². The van der Waals surface area contributed by atoms with Gasteiger partial charge >= 0.3 is 5.97 Å². The highest BCUT2D eigenvalue weighted by Crippen LogP contribution is 2.13. The molecule has 1 aromatic heterocycles. The van der Waals surface area contributed by atoms with Gasteiger partial charge in [0, 0.05) is 31.1 Å². The molecule has 2 rings (SSSR count). The Morgan fingerprint density at radius 1 is 1.04 bits per heavy atom. The van der Waals surface area contributed by atoms with E-state index in [9.17, 15) is 14.4 Å². The van der Waals surface area contributed by atoms with Gasteiger partial charge < -0.3 is 20.1 Å². The molecule has 1 heterocycles. The summed E-state index contributed by atoms with van der Waals surface area (Å²) in [4.78, 5) is 40.0. The third-order valence-electron chi connectivity index (χ3n) is 3.50. The lowest BCUT2D eigenvalue weighted by Gasteiger charge is -2.08. The number of amides is 2. The van der Waals surface area contributed by atoms with Gasteiger partial charge in [0.15, 0.2) is 0 Å². The number of methoxy groups -OCH3 is 1. The largest absolute Gasteiger partial charge is 0.462 e. The molecule has 2 amide bonds. The van der Waals surface area contributed by atoms with Crippen LogP contribution < -0.4 is 10.6 Å². The zero-order valence-corrected chi connectivity index (χ0v) is 15.2. The smallest absolute Gasteiger partial charge is 0.338 e. The highest BCUT2D eigenvalue weighted by Gasteiger charge is 2.12. The van der Waals surface area contributed by atoms with Gasteiger partial charge in [-0.3, -0.25) is 14.6 Å². The molecule has 142 valence electrons. The molecule has 0 aliphatic heterocycles. The standard InChI is InChI=1S/C19H21N3O5/c1-3-27-19(25)13-4-6-15(7-5-13)22-17(23)14-8-9-20-16(12-14)18(24)21-10-11-26-2/h4-9,12H,3,10-11H2,1-2H3,(H,21,24)(H,22,23). The van der Waals surface area contributed by atoms with E-state index in [4.69, 9.17) is 9.47 Å². The first kappa shape index (κ1) is 20.1. The molecule has 0 spiro atoms. The van der Waals surface area contributed by atoms with Gasteiger partial charge in [-0.25, -0.2) is 4.79 Å². The zero-order chi connectivity index (χ0) is 19.6. The Kier molecular flexibility index (Phi) is 7.45. The van der Waals surface area contributed by atoms with Crippen molar-refractivity contribution in [1.82, 2.24) is 10.3 Å². The van der Waals surface area contributed by atoms with Crippen LogP contribution in [0.2, 0.25) is 0 Å². The highest BCUT2D eigenvalue weighted by molar-refractivity contribution is 6.05. The summed E-state index contributed by atoms with van der Waals surface area (Å²) in [7, 11) is 1.54. The van der Waals surface area contributed by atoms with Gasteiger partial charge in [-0.05, 0) is 43.3 Å². The van der Waals surface area contributed by atoms with Crippen LogP contribution in [0.3, 0.4) is 0 Å². The number of esters is 1. The molecule has 2 aromatic rings. The fourth-order valence-corrected chi connectivity index (χ4v) is 2.16. The summed E-state index contributed by atoms with van der Waals surface area (Å²) in [5.41, 5.74) is 1.33. The van der Waals surface area contributed by atoms with Crippen molar-refractivity contribution in [3.05, 3.63) is 59.4 Å². The molecule has 8 nitrogen and oxygen atoms in total. The number of anilines is 1. The molecule has 0 saturated heterocycles. The summed E-state index contributed by atoms with van der Waals surface area (Å²) in [6.07, 6.45) is 1.39. The molecule has 27 heavy (non-hydrogen) atoms. The number of benzene rings is 1. The summed E-state index contributed by atoms with van der Waals surface area (Å²) in [5.74, 6) is -1.21. The normalized spacial score (nSPS) is 10.1. The third kappa shape index (κ3) is 5.89. The molecular formula is C19H21N3O5. The molecular weight excluding hydrogens is 350 g/mol. The minimum absolute atomic E-state index is 0.136. The number of hydrogen-bond donors (Lipinski definition) is 2. The van der Waals surface area contributed by atoms with Gasteiger partial charge in [0.2, 0.25) is 0 Å². The second-order valence-electron chi connectivity index (χ2n) is 5.43. The van der Waals surface area contributed by atoms with Crippen molar-refractivity contribution in [3.63, 3.8) is 0 Å². The molecule has 0 aliphatic rings. The number of nitrogens with zero attached hydrogens (tertiary/aromatic N) is 1. The number of aromatic nitrogens is 1. The molecule has 0 fully saturated rings. The van der Waals surface area contributed by atoms with E-state index in [1.165, 1.54) is 25.4 Å². The Hall–Kier alpha value is -3.26. The van der Waals surface area contributed by atoms with Crippen LogP contribution in [0.1, 0.15) is 38.1 Å². The number of hydrogen-bond acceptors (Lipinski definition) is 6. The highest BCUT2D eigenvalue weighted by atomic mass is 16.5. The topological polar surface area (TPSA) is 107 Å². The van der Waals surface area contributed by atoms with Crippen molar-refractivity contribution in [1.29, 1.82) is 0 Å². The van der Waals surface area contributed by atoms with Gasteiger partial charge in [0.1, 0.15) is 5.69 Å². The number of nitrogens with one attached hydrogen (secondary N) is 2. The van der Waals surface area contributed by atoms with E-state index in [1.54, 1.807) is 31.2 Å². The van der Waals surface area contributed by atoms with Crippen LogP contribution in [0.25, 0.3) is 0 Å². The fraction of sp³-hybridized carbons (Fsp3) is 0.263. The molecule has 2 N–H and O–H groups in total. The lowest BCUT2D eigenvalue weighted by atomic mass is 10.2. The molecule has 0 aliphatic carbocycles. The van der Waals surface area contributed by atoms with Gasteiger partial charge in [-0.1, -0.05) is 0 Å². The molecule has 0 saturated carbocycles. The zero-order valence-electron chi connectivity index (χ0n) is 15.2. The van der Waals surface area contributed by atoms with Crippen LogP contribution >= 0.6 is 0 Å². The van der Waals surface area contributed by atoms with Crippen LogP contribution in [-0.2, 0) is 9.47 Å². The number of carbonyl (C=O) groups excluding carboxylic acids is 3. The summed E-state index contributed by atoms with van der Waals surface area (Å²) in [6, 6.07) is 9.25. The monoisotopic (exact) mass is 371 g/mol. The minimum atomic E-state index is -0.423. The maximum absolute atomic E-state index is 12.4.